The maximum atomic E-state index is 12.2. The van der Waals surface area contributed by atoms with Crippen LogP contribution in [0, 0.1) is 0 Å². The average Bonchev–Trinajstić information content (AvgIpc) is 2.56. The molecule has 1 aromatic rings. The quantitative estimate of drug-likeness (QED) is 0.835. The first-order valence-electron chi connectivity index (χ1n) is 7.52. The standard InChI is InChI=1S/C16H21N3O4/c1-18(8-7-15(21)22)14(20)10-17-16(23)19-9-6-12-4-2-3-5-13(12)11-19/h2-5H,6-11H2,1H3,(H,17,23)(H,21,22). The molecule has 0 unspecified atom stereocenters. The highest BCUT2D eigenvalue weighted by Gasteiger charge is 2.21. The van der Waals surface area contributed by atoms with E-state index in [2.05, 4.69) is 11.4 Å². The summed E-state index contributed by atoms with van der Waals surface area (Å²) in [5.74, 6) is -1.27. The van der Waals surface area contributed by atoms with Gasteiger partial charge in [0.15, 0.2) is 0 Å². The zero-order valence-electron chi connectivity index (χ0n) is 13.1. The molecule has 0 aromatic heterocycles. The monoisotopic (exact) mass is 319 g/mol. The molecule has 1 aliphatic rings. The van der Waals surface area contributed by atoms with Crippen LogP contribution in [0.25, 0.3) is 0 Å². The van der Waals surface area contributed by atoms with Crippen molar-refractivity contribution in [2.75, 3.05) is 26.7 Å². The zero-order valence-corrected chi connectivity index (χ0v) is 13.1. The number of fused-ring (bicyclic) bond motifs is 1. The van der Waals surface area contributed by atoms with Crippen LogP contribution < -0.4 is 5.32 Å². The molecule has 7 nitrogen and oxygen atoms in total. The van der Waals surface area contributed by atoms with Gasteiger partial charge in [0.25, 0.3) is 0 Å². The second-order valence-electron chi connectivity index (χ2n) is 5.56. The highest BCUT2D eigenvalue weighted by atomic mass is 16.4. The average molecular weight is 319 g/mol. The van der Waals surface area contributed by atoms with E-state index in [9.17, 15) is 14.4 Å². The van der Waals surface area contributed by atoms with Crippen LogP contribution in [0.1, 0.15) is 17.5 Å². The molecule has 0 fully saturated rings. The summed E-state index contributed by atoms with van der Waals surface area (Å²) in [5, 5.41) is 11.2. The van der Waals surface area contributed by atoms with Crippen molar-refractivity contribution in [1.82, 2.24) is 15.1 Å². The van der Waals surface area contributed by atoms with Gasteiger partial charge in [-0.05, 0) is 17.5 Å². The molecule has 124 valence electrons. The summed E-state index contributed by atoms with van der Waals surface area (Å²) in [6, 6.07) is 7.71. The molecule has 0 aliphatic carbocycles. The Morgan fingerprint density at radius 1 is 1.26 bits per heavy atom. The molecule has 3 amide bonds. The fraction of sp³-hybridized carbons (Fsp3) is 0.438. The van der Waals surface area contributed by atoms with E-state index in [-0.39, 0.29) is 31.4 Å². The van der Waals surface area contributed by atoms with Crippen molar-refractivity contribution in [3.05, 3.63) is 35.4 Å². The number of hydrogen-bond donors (Lipinski definition) is 2. The van der Waals surface area contributed by atoms with Crippen LogP contribution in [-0.4, -0.2) is 59.5 Å². The number of likely N-dealkylation sites (N-methyl/N-ethyl adjacent to an activating group) is 1. The number of carboxylic acids is 1. The number of amides is 3. The third-order valence-corrected chi connectivity index (χ3v) is 3.90. The Morgan fingerprint density at radius 3 is 2.65 bits per heavy atom. The Hall–Kier alpha value is -2.57. The number of carbonyl (C=O) groups is 3. The van der Waals surface area contributed by atoms with Gasteiger partial charge in [-0.3, -0.25) is 9.59 Å². The predicted octanol–water partition coefficient (Wildman–Crippen LogP) is 0.687. The van der Waals surface area contributed by atoms with Gasteiger partial charge in [0.1, 0.15) is 0 Å². The van der Waals surface area contributed by atoms with Crippen molar-refractivity contribution in [3.63, 3.8) is 0 Å². The lowest BCUT2D eigenvalue weighted by Crippen LogP contribution is -2.46. The fourth-order valence-corrected chi connectivity index (χ4v) is 2.46. The number of benzene rings is 1. The van der Waals surface area contributed by atoms with E-state index in [0.717, 1.165) is 12.0 Å². The number of carbonyl (C=O) groups excluding carboxylic acids is 2. The van der Waals surface area contributed by atoms with E-state index >= 15 is 0 Å². The van der Waals surface area contributed by atoms with Gasteiger partial charge in [-0.15, -0.1) is 0 Å². The molecule has 1 heterocycles. The molecule has 2 N–H and O–H groups in total. The summed E-state index contributed by atoms with van der Waals surface area (Å²) in [5.41, 5.74) is 2.37. The summed E-state index contributed by atoms with van der Waals surface area (Å²) < 4.78 is 0. The van der Waals surface area contributed by atoms with Crippen LogP contribution in [0.4, 0.5) is 4.79 Å². The van der Waals surface area contributed by atoms with E-state index in [1.54, 1.807) is 4.90 Å². The Morgan fingerprint density at radius 2 is 1.96 bits per heavy atom. The third kappa shape index (κ3) is 4.70. The summed E-state index contributed by atoms with van der Waals surface area (Å²) in [4.78, 5) is 37.5. The van der Waals surface area contributed by atoms with Crippen LogP contribution in [0.15, 0.2) is 24.3 Å². The Balaban J connectivity index is 1.79. The number of rotatable bonds is 5. The lowest BCUT2D eigenvalue weighted by Gasteiger charge is -2.29. The highest BCUT2D eigenvalue weighted by molar-refractivity contribution is 5.84. The maximum absolute atomic E-state index is 12.2. The summed E-state index contributed by atoms with van der Waals surface area (Å²) in [6.07, 6.45) is 0.690. The van der Waals surface area contributed by atoms with Gasteiger partial charge in [-0.1, -0.05) is 24.3 Å². The minimum absolute atomic E-state index is 0.112. The van der Waals surface area contributed by atoms with Crippen molar-refractivity contribution in [3.8, 4) is 0 Å². The first-order valence-corrected chi connectivity index (χ1v) is 7.52. The van der Waals surface area contributed by atoms with E-state index in [1.165, 1.54) is 17.5 Å². The molecule has 0 radical (unpaired) electrons. The SMILES string of the molecule is CN(CCC(=O)O)C(=O)CNC(=O)N1CCc2ccccc2C1. The van der Waals surface area contributed by atoms with Crippen molar-refractivity contribution < 1.29 is 19.5 Å². The van der Waals surface area contributed by atoms with Gasteiger partial charge in [0.05, 0.1) is 13.0 Å². The smallest absolute Gasteiger partial charge is 0.318 e. The lowest BCUT2D eigenvalue weighted by molar-refractivity contribution is -0.138. The molecule has 1 aromatic carbocycles. The predicted molar refractivity (Wildman–Crippen MR) is 83.8 cm³/mol. The number of aliphatic carboxylic acids is 1. The van der Waals surface area contributed by atoms with Crippen LogP contribution >= 0.6 is 0 Å². The topological polar surface area (TPSA) is 90.0 Å². The summed E-state index contributed by atoms with van der Waals surface area (Å²) in [6.45, 7) is 1.14. The number of nitrogens with one attached hydrogen (secondary N) is 1. The number of carboxylic acid groups (broad SMARTS) is 1. The summed E-state index contributed by atoms with van der Waals surface area (Å²) in [7, 11) is 1.52. The van der Waals surface area contributed by atoms with Gasteiger partial charge < -0.3 is 20.2 Å². The highest BCUT2D eigenvalue weighted by Crippen LogP contribution is 2.18. The zero-order chi connectivity index (χ0) is 16.8. The number of urea groups is 1. The summed E-state index contributed by atoms with van der Waals surface area (Å²) >= 11 is 0. The molecule has 0 bridgehead atoms. The number of hydrogen-bond acceptors (Lipinski definition) is 3. The van der Waals surface area contributed by atoms with Crippen molar-refractivity contribution in [1.29, 1.82) is 0 Å². The normalized spacial score (nSPS) is 13.2. The second-order valence-corrected chi connectivity index (χ2v) is 5.56. The van der Waals surface area contributed by atoms with Gasteiger partial charge >= 0.3 is 12.0 Å². The minimum atomic E-state index is -0.958. The second kappa shape index (κ2) is 7.62. The molecule has 7 heteroatoms. The van der Waals surface area contributed by atoms with Crippen molar-refractivity contribution >= 4 is 17.9 Å². The molecule has 0 saturated heterocycles. The Bertz CT molecular complexity index is 603. The van der Waals surface area contributed by atoms with Gasteiger partial charge in [-0.25, -0.2) is 4.79 Å². The fourth-order valence-electron chi connectivity index (χ4n) is 2.46. The Kier molecular flexibility index (Phi) is 5.56. The molecule has 23 heavy (non-hydrogen) atoms. The molecular weight excluding hydrogens is 298 g/mol. The molecule has 0 saturated carbocycles. The van der Waals surface area contributed by atoms with Crippen molar-refractivity contribution in [2.45, 2.75) is 19.4 Å². The largest absolute Gasteiger partial charge is 0.481 e. The van der Waals surface area contributed by atoms with Crippen LogP contribution in [0.5, 0.6) is 0 Å². The minimum Gasteiger partial charge on any atom is -0.481 e. The van der Waals surface area contributed by atoms with E-state index in [4.69, 9.17) is 5.11 Å². The van der Waals surface area contributed by atoms with E-state index in [1.807, 2.05) is 18.2 Å². The van der Waals surface area contributed by atoms with Crippen LogP contribution in [-0.2, 0) is 22.6 Å². The molecule has 2 rings (SSSR count). The van der Waals surface area contributed by atoms with Gasteiger partial charge in [0, 0.05) is 26.7 Å². The third-order valence-electron chi connectivity index (χ3n) is 3.90. The maximum Gasteiger partial charge on any atom is 0.318 e. The van der Waals surface area contributed by atoms with Gasteiger partial charge in [-0.2, -0.15) is 0 Å². The van der Waals surface area contributed by atoms with Gasteiger partial charge in [0.2, 0.25) is 5.91 Å². The van der Waals surface area contributed by atoms with Crippen molar-refractivity contribution in [2.24, 2.45) is 0 Å². The van der Waals surface area contributed by atoms with Crippen LogP contribution in [0.3, 0.4) is 0 Å². The lowest BCUT2D eigenvalue weighted by atomic mass is 10.0. The molecule has 0 atom stereocenters. The van der Waals surface area contributed by atoms with E-state index < -0.39 is 5.97 Å². The molecule has 0 spiro atoms. The first-order chi connectivity index (χ1) is 11.0. The number of nitrogens with zero attached hydrogens (tertiary/aromatic N) is 2. The first kappa shape index (κ1) is 16.8. The molecular formula is C16H21N3O4. The van der Waals surface area contributed by atoms with Crippen LogP contribution in [0.2, 0.25) is 0 Å². The Labute approximate surface area is 134 Å². The van der Waals surface area contributed by atoms with E-state index in [0.29, 0.717) is 13.1 Å². The molecule has 1 aliphatic heterocycles.